The fourth-order valence-corrected chi connectivity index (χ4v) is 6.22. The first-order valence-electron chi connectivity index (χ1n) is 10.4. The highest BCUT2D eigenvalue weighted by molar-refractivity contribution is 5.85. The monoisotopic (exact) mass is 418 g/mol. The zero-order valence-electron chi connectivity index (χ0n) is 16.6. The zero-order valence-corrected chi connectivity index (χ0v) is 18.2. The summed E-state index contributed by atoms with van der Waals surface area (Å²) in [4.78, 5) is 5.34. The van der Waals surface area contributed by atoms with Crippen molar-refractivity contribution in [2.75, 3.05) is 31.6 Å². The van der Waals surface area contributed by atoms with Gasteiger partial charge in [0.1, 0.15) is 0 Å². The van der Waals surface area contributed by atoms with E-state index < -0.39 is 0 Å². The Labute approximate surface area is 182 Å². The lowest BCUT2D eigenvalue weighted by atomic mass is 9.61. The Kier molecular flexibility index (Phi) is 6.96. The first kappa shape index (κ1) is 21.5. The highest BCUT2D eigenvalue weighted by Gasteiger charge is 2.50. The lowest BCUT2D eigenvalue weighted by Crippen LogP contribution is -2.52. The summed E-state index contributed by atoms with van der Waals surface area (Å²) in [5.74, 6) is 3.22. The zero-order chi connectivity index (χ0) is 17.5. The Hall–Kier alpha value is -1.22. The third-order valence-corrected chi connectivity index (χ3v) is 7.43. The predicted octanol–water partition coefficient (Wildman–Crippen LogP) is 5.48. The molecule has 3 fully saturated rings. The quantitative estimate of drug-likeness (QED) is 0.636. The van der Waals surface area contributed by atoms with E-state index in [9.17, 15) is 0 Å². The van der Waals surface area contributed by atoms with Crippen LogP contribution < -0.4 is 4.90 Å². The first-order chi connectivity index (χ1) is 12.8. The second-order valence-corrected chi connectivity index (χ2v) is 8.68. The maximum atomic E-state index is 2.67. The molecule has 4 heteroatoms. The number of halogens is 2. The molecule has 0 radical (unpaired) electrons. The van der Waals surface area contributed by atoms with Crippen LogP contribution in [0.1, 0.15) is 30.7 Å². The van der Waals surface area contributed by atoms with Crippen LogP contribution in [0, 0.1) is 17.8 Å². The molecule has 1 aliphatic carbocycles. The standard InChI is InChI=1S/C24H30N2.2ClH/c1-25-14-8-13-20-22-16-26(19-11-6-3-7-12-19)17-23(22)21(15-24(20)25)18-9-4-2-5-10-18;;/h2-7,9-12,20-24H,8,13-17H2,1H3;2*1H. The van der Waals surface area contributed by atoms with Gasteiger partial charge in [-0.15, -0.1) is 24.8 Å². The van der Waals surface area contributed by atoms with E-state index in [2.05, 4.69) is 77.5 Å². The van der Waals surface area contributed by atoms with E-state index in [0.29, 0.717) is 5.92 Å². The highest BCUT2D eigenvalue weighted by atomic mass is 35.5. The highest BCUT2D eigenvalue weighted by Crippen LogP contribution is 2.52. The molecule has 2 heterocycles. The van der Waals surface area contributed by atoms with Crippen LogP contribution in [-0.4, -0.2) is 37.6 Å². The molecule has 5 unspecified atom stereocenters. The van der Waals surface area contributed by atoms with Crippen LogP contribution in [-0.2, 0) is 0 Å². The lowest BCUT2D eigenvalue weighted by Gasteiger charge is -2.50. The van der Waals surface area contributed by atoms with E-state index in [-0.39, 0.29) is 24.8 Å². The van der Waals surface area contributed by atoms with Crippen LogP contribution >= 0.6 is 24.8 Å². The van der Waals surface area contributed by atoms with Crippen LogP contribution in [0.15, 0.2) is 60.7 Å². The second-order valence-electron chi connectivity index (χ2n) is 8.68. The SMILES string of the molecule is CN1CCCC2C3CN(c4ccccc4)CC3C(c3ccccc3)CC21.Cl.Cl. The van der Waals surface area contributed by atoms with Crippen molar-refractivity contribution in [2.24, 2.45) is 17.8 Å². The number of para-hydroxylation sites is 1. The van der Waals surface area contributed by atoms with Gasteiger partial charge in [0.2, 0.25) is 0 Å². The number of hydrogen-bond donors (Lipinski definition) is 0. The molecule has 5 rings (SSSR count). The van der Waals surface area contributed by atoms with Crippen molar-refractivity contribution >= 4 is 30.5 Å². The lowest BCUT2D eigenvalue weighted by molar-refractivity contribution is 0.0185. The molecule has 0 spiro atoms. The number of hydrogen-bond acceptors (Lipinski definition) is 2. The topological polar surface area (TPSA) is 6.48 Å². The largest absolute Gasteiger partial charge is 0.371 e. The minimum atomic E-state index is 0. The third-order valence-electron chi connectivity index (χ3n) is 7.43. The van der Waals surface area contributed by atoms with Crippen molar-refractivity contribution in [2.45, 2.75) is 31.2 Å². The van der Waals surface area contributed by atoms with Gasteiger partial charge >= 0.3 is 0 Å². The van der Waals surface area contributed by atoms with E-state index in [4.69, 9.17) is 0 Å². The molecule has 2 aromatic carbocycles. The predicted molar refractivity (Wildman–Crippen MR) is 123 cm³/mol. The number of fused-ring (bicyclic) bond motifs is 3. The van der Waals surface area contributed by atoms with Crippen LogP contribution in [0.25, 0.3) is 0 Å². The van der Waals surface area contributed by atoms with Crippen molar-refractivity contribution in [3.05, 3.63) is 66.2 Å². The summed E-state index contributed by atoms with van der Waals surface area (Å²) in [5.41, 5.74) is 2.98. The van der Waals surface area contributed by atoms with Gasteiger partial charge in [0.05, 0.1) is 0 Å². The number of nitrogens with zero attached hydrogens (tertiary/aromatic N) is 2. The number of benzene rings is 2. The Morgan fingerprint density at radius 1 is 0.786 bits per heavy atom. The Morgan fingerprint density at radius 3 is 2.14 bits per heavy atom. The molecule has 0 amide bonds. The van der Waals surface area contributed by atoms with E-state index in [1.165, 1.54) is 44.6 Å². The molecule has 0 bridgehead atoms. The molecule has 2 aliphatic heterocycles. The van der Waals surface area contributed by atoms with Gasteiger partial charge in [0, 0.05) is 24.8 Å². The van der Waals surface area contributed by atoms with Crippen molar-refractivity contribution in [3.63, 3.8) is 0 Å². The summed E-state index contributed by atoms with van der Waals surface area (Å²) in [5, 5.41) is 0. The summed E-state index contributed by atoms with van der Waals surface area (Å²) in [6.07, 6.45) is 4.15. The van der Waals surface area contributed by atoms with E-state index in [0.717, 1.165) is 23.8 Å². The van der Waals surface area contributed by atoms with Crippen molar-refractivity contribution in [3.8, 4) is 0 Å². The van der Waals surface area contributed by atoms with Crippen molar-refractivity contribution in [1.82, 2.24) is 4.90 Å². The van der Waals surface area contributed by atoms with Crippen LogP contribution in [0.3, 0.4) is 0 Å². The van der Waals surface area contributed by atoms with Crippen molar-refractivity contribution < 1.29 is 0 Å². The van der Waals surface area contributed by atoms with Gasteiger partial charge in [-0.2, -0.15) is 0 Å². The molecule has 5 atom stereocenters. The molecule has 1 saturated carbocycles. The minimum Gasteiger partial charge on any atom is -0.371 e. The number of piperidine rings is 1. The van der Waals surface area contributed by atoms with Crippen LogP contribution in [0.2, 0.25) is 0 Å². The number of anilines is 1. The average Bonchev–Trinajstić information content (AvgIpc) is 3.15. The fourth-order valence-electron chi connectivity index (χ4n) is 6.22. The van der Waals surface area contributed by atoms with Gasteiger partial charge in [0.15, 0.2) is 0 Å². The van der Waals surface area contributed by atoms with Gasteiger partial charge in [-0.25, -0.2) is 0 Å². The molecule has 2 aromatic rings. The van der Waals surface area contributed by atoms with Crippen LogP contribution in [0.4, 0.5) is 5.69 Å². The van der Waals surface area contributed by atoms with Crippen molar-refractivity contribution in [1.29, 1.82) is 0 Å². The van der Waals surface area contributed by atoms with E-state index in [1.54, 1.807) is 5.56 Å². The number of rotatable bonds is 2. The molecule has 2 nitrogen and oxygen atoms in total. The molecule has 2 saturated heterocycles. The molecular formula is C24H32Cl2N2. The Morgan fingerprint density at radius 2 is 1.43 bits per heavy atom. The average molecular weight is 419 g/mol. The van der Waals surface area contributed by atoms with Gasteiger partial charge < -0.3 is 9.80 Å². The summed E-state index contributed by atoms with van der Waals surface area (Å²) >= 11 is 0. The van der Waals surface area contributed by atoms with Gasteiger partial charge in [-0.1, -0.05) is 48.5 Å². The minimum absolute atomic E-state index is 0. The molecule has 0 aromatic heterocycles. The van der Waals surface area contributed by atoms with Gasteiger partial charge in [-0.3, -0.25) is 0 Å². The van der Waals surface area contributed by atoms with Gasteiger partial charge in [0.25, 0.3) is 0 Å². The summed E-state index contributed by atoms with van der Waals surface area (Å²) in [6.45, 7) is 3.75. The summed E-state index contributed by atoms with van der Waals surface area (Å²) in [7, 11) is 2.36. The van der Waals surface area contributed by atoms with E-state index in [1.807, 2.05) is 0 Å². The molecule has 3 aliphatic rings. The smallest absolute Gasteiger partial charge is 0.0366 e. The number of likely N-dealkylation sites (tertiary alicyclic amines) is 1. The summed E-state index contributed by atoms with van der Waals surface area (Å²) < 4.78 is 0. The normalized spacial score (nSPS) is 31.9. The maximum absolute atomic E-state index is 2.67. The van der Waals surface area contributed by atoms with E-state index >= 15 is 0 Å². The Bertz CT molecular complexity index is 739. The first-order valence-corrected chi connectivity index (χ1v) is 10.4. The molecule has 28 heavy (non-hydrogen) atoms. The molecule has 0 N–H and O–H groups in total. The second kappa shape index (κ2) is 9.07. The maximum Gasteiger partial charge on any atom is 0.0366 e. The Balaban J connectivity index is 0.00000112. The third kappa shape index (κ3) is 3.79. The van der Waals surface area contributed by atoms with Crippen LogP contribution in [0.5, 0.6) is 0 Å². The van der Waals surface area contributed by atoms with Gasteiger partial charge in [-0.05, 0) is 74.2 Å². The molecular weight excluding hydrogens is 387 g/mol. The summed E-state index contributed by atoms with van der Waals surface area (Å²) in [6, 6.07) is 23.2. The molecule has 152 valence electrons. The fraction of sp³-hybridized carbons (Fsp3) is 0.500.